The Labute approximate surface area is 139 Å². The predicted molar refractivity (Wildman–Crippen MR) is 91.7 cm³/mol. The van der Waals surface area contributed by atoms with Gasteiger partial charge in [-0.15, -0.1) is 12.4 Å². The summed E-state index contributed by atoms with van der Waals surface area (Å²) >= 11 is 0. The molecule has 4 nitrogen and oxygen atoms in total. The van der Waals surface area contributed by atoms with E-state index in [1.54, 1.807) is 6.07 Å². The third-order valence-electron chi connectivity index (χ3n) is 4.20. The Morgan fingerprint density at radius 3 is 2.73 bits per heavy atom. The van der Waals surface area contributed by atoms with Gasteiger partial charge in [0.15, 0.2) is 0 Å². The molecule has 3 N–H and O–H groups in total. The summed E-state index contributed by atoms with van der Waals surface area (Å²) in [5.74, 6) is 1.19. The van der Waals surface area contributed by atoms with Gasteiger partial charge in [-0.3, -0.25) is 4.79 Å². The van der Waals surface area contributed by atoms with Gasteiger partial charge >= 0.3 is 0 Å². The van der Waals surface area contributed by atoms with Crippen LogP contribution in [0.15, 0.2) is 24.3 Å². The van der Waals surface area contributed by atoms with Crippen LogP contribution in [0.1, 0.15) is 49.4 Å². The lowest BCUT2D eigenvalue weighted by Gasteiger charge is -2.30. The van der Waals surface area contributed by atoms with E-state index in [4.69, 9.17) is 10.5 Å². The lowest BCUT2D eigenvalue weighted by atomic mass is 9.84. The molecule has 1 aliphatic rings. The molecular formula is C17H27ClN2O2. The van der Waals surface area contributed by atoms with Crippen LogP contribution in [0.2, 0.25) is 0 Å². The first-order valence-electron chi connectivity index (χ1n) is 7.98. The average Bonchev–Trinajstić information content (AvgIpc) is 2.54. The second-order valence-corrected chi connectivity index (χ2v) is 5.67. The Bertz CT molecular complexity index is 462. The molecule has 1 atom stereocenters. The highest BCUT2D eigenvalue weighted by Crippen LogP contribution is 2.26. The van der Waals surface area contributed by atoms with E-state index in [0.29, 0.717) is 24.6 Å². The summed E-state index contributed by atoms with van der Waals surface area (Å²) in [6, 6.07) is 7.38. The van der Waals surface area contributed by atoms with Gasteiger partial charge in [-0.05, 0) is 43.9 Å². The minimum Gasteiger partial charge on any atom is -0.494 e. The Hall–Kier alpha value is -1.26. The highest BCUT2D eigenvalue weighted by molar-refractivity contribution is 5.94. The molecule has 0 bridgehead atoms. The van der Waals surface area contributed by atoms with Gasteiger partial charge in [0.05, 0.1) is 6.61 Å². The molecule has 22 heavy (non-hydrogen) atoms. The standard InChI is InChI=1S/C17H26N2O2.ClH/c1-2-21-15-10-6-9-14(11-15)17(20)19-16(12-18)13-7-4-3-5-8-13;/h6,9-11,13,16H,2-5,7-8,12,18H2,1H3,(H,19,20);1H. The molecule has 0 radical (unpaired) electrons. The zero-order valence-corrected chi connectivity index (χ0v) is 14.0. The minimum atomic E-state index is -0.0578. The van der Waals surface area contributed by atoms with E-state index in [0.717, 1.165) is 5.75 Å². The van der Waals surface area contributed by atoms with Crippen molar-refractivity contribution in [2.24, 2.45) is 11.7 Å². The maximum absolute atomic E-state index is 12.4. The highest BCUT2D eigenvalue weighted by Gasteiger charge is 2.24. The van der Waals surface area contributed by atoms with Crippen molar-refractivity contribution < 1.29 is 9.53 Å². The fraction of sp³-hybridized carbons (Fsp3) is 0.588. The van der Waals surface area contributed by atoms with Crippen molar-refractivity contribution in [2.45, 2.75) is 45.1 Å². The predicted octanol–water partition coefficient (Wildman–Crippen LogP) is 3.14. The molecule has 0 aromatic heterocycles. The van der Waals surface area contributed by atoms with Gasteiger partial charge in [-0.25, -0.2) is 0 Å². The maximum Gasteiger partial charge on any atom is 0.251 e. The second kappa shape index (κ2) is 9.70. The smallest absolute Gasteiger partial charge is 0.251 e. The Morgan fingerprint density at radius 1 is 1.36 bits per heavy atom. The number of hydrogen-bond acceptors (Lipinski definition) is 3. The number of benzene rings is 1. The number of ether oxygens (including phenoxy) is 1. The van der Waals surface area contributed by atoms with Crippen molar-refractivity contribution in [2.75, 3.05) is 13.2 Å². The van der Waals surface area contributed by atoms with Crippen molar-refractivity contribution in [3.63, 3.8) is 0 Å². The number of rotatable bonds is 6. The van der Waals surface area contributed by atoms with Crippen LogP contribution in [0.3, 0.4) is 0 Å². The summed E-state index contributed by atoms with van der Waals surface area (Å²) in [5, 5.41) is 3.10. The molecule has 0 heterocycles. The zero-order chi connectivity index (χ0) is 15.1. The van der Waals surface area contributed by atoms with Gasteiger partial charge in [-0.1, -0.05) is 25.3 Å². The third-order valence-corrected chi connectivity index (χ3v) is 4.20. The van der Waals surface area contributed by atoms with Gasteiger partial charge in [0.1, 0.15) is 5.75 Å². The Kier molecular flexibility index (Phi) is 8.28. The molecule has 0 aliphatic heterocycles. The Morgan fingerprint density at radius 2 is 2.09 bits per heavy atom. The van der Waals surface area contributed by atoms with Gasteiger partial charge < -0.3 is 15.8 Å². The molecule has 5 heteroatoms. The van der Waals surface area contributed by atoms with Crippen LogP contribution in [0, 0.1) is 5.92 Å². The lowest BCUT2D eigenvalue weighted by molar-refractivity contribution is 0.0915. The topological polar surface area (TPSA) is 64.3 Å². The van der Waals surface area contributed by atoms with Crippen LogP contribution in [-0.4, -0.2) is 25.1 Å². The molecule has 2 rings (SSSR count). The van der Waals surface area contributed by atoms with Crippen molar-refractivity contribution in [3.05, 3.63) is 29.8 Å². The summed E-state index contributed by atoms with van der Waals surface area (Å²) < 4.78 is 5.44. The number of amides is 1. The monoisotopic (exact) mass is 326 g/mol. The SMILES string of the molecule is CCOc1cccc(C(=O)NC(CN)C2CCCCC2)c1.Cl. The number of nitrogens with one attached hydrogen (secondary N) is 1. The summed E-state index contributed by atoms with van der Waals surface area (Å²) in [4.78, 5) is 12.4. The summed E-state index contributed by atoms with van der Waals surface area (Å²) in [5.41, 5.74) is 6.50. The van der Waals surface area contributed by atoms with Crippen molar-refractivity contribution in [1.29, 1.82) is 0 Å². The number of nitrogens with two attached hydrogens (primary N) is 1. The first kappa shape index (κ1) is 18.8. The molecule has 1 unspecified atom stereocenters. The first-order valence-corrected chi connectivity index (χ1v) is 7.98. The fourth-order valence-corrected chi connectivity index (χ4v) is 3.05. The van der Waals surface area contributed by atoms with Gasteiger partial charge in [-0.2, -0.15) is 0 Å². The van der Waals surface area contributed by atoms with Gasteiger partial charge in [0.25, 0.3) is 5.91 Å². The summed E-state index contributed by atoms with van der Waals surface area (Å²) in [6.07, 6.45) is 6.13. The van der Waals surface area contributed by atoms with Crippen LogP contribution >= 0.6 is 12.4 Å². The molecule has 1 aromatic carbocycles. The molecule has 1 aromatic rings. The van der Waals surface area contributed by atoms with E-state index >= 15 is 0 Å². The van der Waals surface area contributed by atoms with Crippen molar-refractivity contribution >= 4 is 18.3 Å². The number of carbonyl (C=O) groups is 1. The second-order valence-electron chi connectivity index (χ2n) is 5.67. The molecule has 1 amide bonds. The van der Waals surface area contributed by atoms with Crippen LogP contribution in [-0.2, 0) is 0 Å². The van der Waals surface area contributed by atoms with E-state index in [1.807, 2.05) is 25.1 Å². The molecular weight excluding hydrogens is 300 g/mol. The first-order chi connectivity index (χ1) is 10.2. The molecule has 0 saturated heterocycles. The van der Waals surface area contributed by atoms with Gasteiger partial charge in [0, 0.05) is 18.2 Å². The Balaban J connectivity index is 0.00000242. The van der Waals surface area contributed by atoms with E-state index in [-0.39, 0.29) is 24.4 Å². The molecule has 0 spiro atoms. The molecule has 1 saturated carbocycles. The quantitative estimate of drug-likeness (QED) is 0.844. The van der Waals surface area contributed by atoms with E-state index in [9.17, 15) is 4.79 Å². The zero-order valence-electron chi connectivity index (χ0n) is 13.2. The minimum absolute atomic E-state index is 0. The molecule has 124 valence electrons. The van der Waals surface area contributed by atoms with Crippen LogP contribution in [0.4, 0.5) is 0 Å². The summed E-state index contributed by atoms with van der Waals surface area (Å²) in [6.45, 7) is 3.03. The van der Waals surface area contributed by atoms with Crippen LogP contribution < -0.4 is 15.8 Å². The normalized spacial score (nSPS) is 16.5. The van der Waals surface area contributed by atoms with E-state index < -0.39 is 0 Å². The van der Waals surface area contributed by atoms with Crippen molar-refractivity contribution in [1.82, 2.24) is 5.32 Å². The molecule has 1 fully saturated rings. The average molecular weight is 327 g/mol. The maximum atomic E-state index is 12.4. The third kappa shape index (κ3) is 5.18. The van der Waals surface area contributed by atoms with Crippen LogP contribution in [0.25, 0.3) is 0 Å². The fourth-order valence-electron chi connectivity index (χ4n) is 3.05. The van der Waals surface area contributed by atoms with E-state index in [1.165, 1.54) is 32.1 Å². The molecule has 1 aliphatic carbocycles. The number of hydrogen-bond donors (Lipinski definition) is 2. The van der Waals surface area contributed by atoms with E-state index in [2.05, 4.69) is 5.32 Å². The van der Waals surface area contributed by atoms with Gasteiger partial charge in [0.2, 0.25) is 0 Å². The summed E-state index contributed by atoms with van der Waals surface area (Å²) in [7, 11) is 0. The number of carbonyl (C=O) groups excluding carboxylic acids is 1. The lowest BCUT2D eigenvalue weighted by Crippen LogP contribution is -2.45. The van der Waals surface area contributed by atoms with Crippen molar-refractivity contribution in [3.8, 4) is 5.75 Å². The largest absolute Gasteiger partial charge is 0.494 e. The van der Waals surface area contributed by atoms with Crippen LogP contribution in [0.5, 0.6) is 5.75 Å². The number of halogens is 1. The highest BCUT2D eigenvalue weighted by atomic mass is 35.5.